The highest BCUT2D eigenvalue weighted by Gasteiger charge is 2.47. The van der Waals surface area contributed by atoms with Crippen molar-refractivity contribution in [3.8, 4) is 0 Å². The van der Waals surface area contributed by atoms with E-state index in [0.717, 1.165) is 19.3 Å². The summed E-state index contributed by atoms with van der Waals surface area (Å²) in [6.07, 6.45) is -8.86. The summed E-state index contributed by atoms with van der Waals surface area (Å²) in [6.45, 7) is 5.94. The van der Waals surface area contributed by atoms with Gasteiger partial charge in [-0.2, -0.15) is 0 Å². The van der Waals surface area contributed by atoms with Crippen molar-refractivity contribution >= 4 is 0 Å². The number of ether oxygens (including phenoxy) is 4. The maximum absolute atomic E-state index is 10.3. The standard InChI is InChI=1S/C23H44O11/c1-12(2)6-4-7-13(3)8-5-9-31-22-20(29)19(28)17(26)15(34-22)11-32-23-21(30)18(27)16(25)14(10-24)33-23/h12-30H,4-11H2,1-3H3. The summed E-state index contributed by atoms with van der Waals surface area (Å²) in [5.74, 6) is 1.24. The summed E-state index contributed by atoms with van der Waals surface area (Å²) in [5, 5.41) is 69.8. The molecule has 11 nitrogen and oxygen atoms in total. The van der Waals surface area contributed by atoms with Crippen molar-refractivity contribution in [3.05, 3.63) is 0 Å². The second-order valence-electron chi connectivity index (χ2n) is 9.99. The summed E-state index contributed by atoms with van der Waals surface area (Å²) in [6, 6.07) is 0. The minimum absolute atomic E-state index is 0.305. The fourth-order valence-corrected chi connectivity index (χ4v) is 4.24. The van der Waals surface area contributed by atoms with E-state index in [4.69, 9.17) is 18.9 Å². The topological polar surface area (TPSA) is 179 Å². The molecule has 34 heavy (non-hydrogen) atoms. The van der Waals surface area contributed by atoms with Crippen LogP contribution in [0.2, 0.25) is 0 Å². The van der Waals surface area contributed by atoms with Gasteiger partial charge in [0.1, 0.15) is 48.8 Å². The van der Waals surface area contributed by atoms with Gasteiger partial charge in [0.05, 0.1) is 13.2 Å². The van der Waals surface area contributed by atoms with Gasteiger partial charge in [-0.1, -0.05) is 40.0 Å². The molecule has 0 spiro atoms. The van der Waals surface area contributed by atoms with Gasteiger partial charge in [0.25, 0.3) is 0 Å². The Balaban J connectivity index is 1.80. The summed E-state index contributed by atoms with van der Waals surface area (Å²) in [4.78, 5) is 0. The molecule has 0 aliphatic carbocycles. The Morgan fingerprint density at radius 1 is 0.647 bits per heavy atom. The van der Waals surface area contributed by atoms with E-state index in [2.05, 4.69) is 20.8 Å². The molecule has 2 heterocycles. The lowest BCUT2D eigenvalue weighted by molar-refractivity contribution is -0.331. The van der Waals surface area contributed by atoms with Crippen molar-refractivity contribution in [1.82, 2.24) is 0 Å². The van der Waals surface area contributed by atoms with E-state index in [0.29, 0.717) is 18.4 Å². The van der Waals surface area contributed by atoms with Crippen LogP contribution in [0.25, 0.3) is 0 Å². The molecular weight excluding hydrogens is 452 g/mol. The fourth-order valence-electron chi connectivity index (χ4n) is 4.24. The van der Waals surface area contributed by atoms with Gasteiger partial charge in [0, 0.05) is 6.61 Å². The van der Waals surface area contributed by atoms with E-state index >= 15 is 0 Å². The Morgan fingerprint density at radius 2 is 1.18 bits per heavy atom. The highest BCUT2D eigenvalue weighted by Crippen LogP contribution is 2.26. The van der Waals surface area contributed by atoms with Gasteiger partial charge >= 0.3 is 0 Å². The molecule has 2 fully saturated rings. The second-order valence-corrected chi connectivity index (χ2v) is 9.99. The average molecular weight is 497 g/mol. The van der Waals surface area contributed by atoms with Gasteiger partial charge in [-0.15, -0.1) is 0 Å². The minimum Gasteiger partial charge on any atom is -0.394 e. The molecule has 0 radical (unpaired) electrons. The number of hydrogen-bond donors (Lipinski definition) is 7. The monoisotopic (exact) mass is 496 g/mol. The van der Waals surface area contributed by atoms with Crippen molar-refractivity contribution in [2.45, 2.75) is 114 Å². The van der Waals surface area contributed by atoms with Crippen molar-refractivity contribution in [2.24, 2.45) is 11.8 Å². The lowest BCUT2D eigenvalue weighted by Gasteiger charge is -2.42. The minimum atomic E-state index is -1.61. The molecule has 11 heteroatoms. The molecule has 2 aliphatic heterocycles. The highest BCUT2D eigenvalue weighted by atomic mass is 16.7. The molecule has 0 aromatic rings. The van der Waals surface area contributed by atoms with Crippen LogP contribution in [0.5, 0.6) is 0 Å². The predicted octanol–water partition coefficient (Wildman–Crippen LogP) is -1.13. The molecule has 11 unspecified atom stereocenters. The molecule has 2 rings (SSSR count). The Bertz CT molecular complexity index is 563. The third-order valence-corrected chi connectivity index (χ3v) is 6.54. The molecular formula is C23H44O11. The lowest BCUT2D eigenvalue weighted by atomic mass is 9.96. The summed E-state index contributed by atoms with van der Waals surface area (Å²) >= 11 is 0. The molecule has 0 aromatic heterocycles. The quantitative estimate of drug-likeness (QED) is 0.153. The highest BCUT2D eigenvalue weighted by molar-refractivity contribution is 4.91. The van der Waals surface area contributed by atoms with E-state index < -0.39 is 68.0 Å². The summed E-state index contributed by atoms with van der Waals surface area (Å²) in [5.41, 5.74) is 0. The second kappa shape index (κ2) is 14.3. The number of aliphatic hydroxyl groups excluding tert-OH is 7. The van der Waals surface area contributed by atoms with Gasteiger partial charge in [-0.25, -0.2) is 0 Å². The first-order valence-corrected chi connectivity index (χ1v) is 12.3. The number of rotatable bonds is 13. The van der Waals surface area contributed by atoms with E-state index in [1.807, 2.05) is 0 Å². The van der Waals surface area contributed by atoms with Crippen LogP contribution in [-0.2, 0) is 18.9 Å². The van der Waals surface area contributed by atoms with Crippen LogP contribution in [-0.4, -0.2) is 117 Å². The van der Waals surface area contributed by atoms with E-state index in [1.54, 1.807) is 0 Å². The molecule has 0 amide bonds. The molecule has 11 atom stereocenters. The van der Waals surface area contributed by atoms with Crippen molar-refractivity contribution < 1.29 is 54.7 Å². The zero-order valence-corrected chi connectivity index (χ0v) is 20.3. The third-order valence-electron chi connectivity index (χ3n) is 6.54. The number of hydrogen-bond acceptors (Lipinski definition) is 11. The summed E-state index contributed by atoms with van der Waals surface area (Å²) < 4.78 is 21.9. The van der Waals surface area contributed by atoms with Crippen LogP contribution in [0.1, 0.15) is 52.9 Å². The van der Waals surface area contributed by atoms with E-state index in [1.165, 1.54) is 12.8 Å². The van der Waals surface area contributed by atoms with Crippen molar-refractivity contribution in [2.75, 3.05) is 19.8 Å². The van der Waals surface area contributed by atoms with Crippen LogP contribution in [0.15, 0.2) is 0 Å². The molecule has 2 aliphatic rings. The summed E-state index contributed by atoms with van der Waals surface area (Å²) in [7, 11) is 0. The number of aliphatic hydroxyl groups is 7. The van der Waals surface area contributed by atoms with E-state index in [9.17, 15) is 35.7 Å². The maximum atomic E-state index is 10.3. The molecule has 0 saturated carbocycles. The first kappa shape index (κ1) is 29.8. The van der Waals surface area contributed by atoms with Gasteiger partial charge < -0.3 is 54.7 Å². The molecule has 0 aromatic carbocycles. The Kier molecular flexibility index (Phi) is 12.6. The SMILES string of the molecule is CC(C)CCCC(C)CCCOC1OC(COC2OC(CO)C(O)C(O)C2O)C(O)C(O)C1O. The van der Waals surface area contributed by atoms with Crippen LogP contribution < -0.4 is 0 Å². The molecule has 7 N–H and O–H groups in total. The first-order valence-electron chi connectivity index (χ1n) is 12.3. The third kappa shape index (κ3) is 8.31. The lowest BCUT2D eigenvalue weighted by Crippen LogP contribution is -2.61. The molecule has 202 valence electrons. The van der Waals surface area contributed by atoms with Crippen molar-refractivity contribution in [1.29, 1.82) is 0 Å². The van der Waals surface area contributed by atoms with Crippen molar-refractivity contribution in [3.63, 3.8) is 0 Å². The van der Waals surface area contributed by atoms with Gasteiger partial charge in [-0.05, 0) is 24.7 Å². The van der Waals surface area contributed by atoms with Crippen LogP contribution in [0.4, 0.5) is 0 Å². The van der Waals surface area contributed by atoms with E-state index in [-0.39, 0.29) is 6.61 Å². The zero-order chi connectivity index (χ0) is 25.4. The first-order chi connectivity index (χ1) is 16.1. The largest absolute Gasteiger partial charge is 0.394 e. The smallest absolute Gasteiger partial charge is 0.186 e. The van der Waals surface area contributed by atoms with Gasteiger partial charge in [-0.3, -0.25) is 0 Å². The van der Waals surface area contributed by atoms with Crippen LogP contribution in [0.3, 0.4) is 0 Å². The molecule has 0 bridgehead atoms. The maximum Gasteiger partial charge on any atom is 0.186 e. The normalized spacial score (nSPS) is 40.0. The van der Waals surface area contributed by atoms with Gasteiger partial charge in [0.15, 0.2) is 12.6 Å². The fraction of sp³-hybridized carbons (Fsp3) is 1.00. The van der Waals surface area contributed by atoms with Gasteiger partial charge in [0.2, 0.25) is 0 Å². The molecule has 2 saturated heterocycles. The van der Waals surface area contributed by atoms with Crippen LogP contribution in [0, 0.1) is 11.8 Å². The average Bonchev–Trinajstić information content (AvgIpc) is 2.80. The predicted molar refractivity (Wildman–Crippen MR) is 119 cm³/mol. The van der Waals surface area contributed by atoms with Crippen LogP contribution >= 0.6 is 0 Å². The zero-order valence-electron chi connectivity index (χ0n) is 20.3. The Morgan fingerprint density at radius 3 is 1.76 bits per heavy atom. The Hall–Kier alpha value is -0.440. The Labute approximate surface area is 201 Å².